The van der Waals surface area contributed by atoms with E-state index in [1.807, 2.05) is 0 Å². The standard InChI is InChI=1S/C14H13ClF2N4/c1-6-4-9-12(20-21-13(9)10(16)5-6)8(3)19-14(15)11(17)7(2)18/h4-5H,2,18H2,1,3H3,(H,20,21)/b14-11+,19-8?. The van der Waals surface area contributed by atoms with Gasteiger partial charge in [0, 0.05) is 5.39 Å². The van der Waals surface area contributed by atoms with E-state index in [0.717, 1.165) is 5.56 Å². The molecule has 0 fully saturated rings. The van der Waals surface area contributed by atoms with Crippen LogP contribution in [0.15, 0.2) is 40.4 Å². The molecule has 7 heteroatoms. The number of hydrogen-bond acceptors (Lipinski definition) is 3. The first-order chi connectivity index (χ1) is 9.81. The maximum atomic E-state index is 13.8. The lowest BCUT2D eigenvalue weighted by Crippen LogP contribution is -1.99. The van der Waals surface area contributed by atoms with Crippen molar-refractivity contribution in [2.45, 2.75) is 13.8 Å². The second-order valence-electron chi connectivity index (χ2n) is 4.57. The van der Waals surface area contributed by atoms with Crippen LogP contribution in [0, 0.1) is 12.7 Å². The van der Waals surface area contributed by atoms with Gasteiger partial charge in [0.15, 0.2) is 16.8 Å². The maximum Gasteiger partial charge on any atom is 0.182 e. The van der Waals surface area contributed by atoms with Crippen molar-refractivity contribution >= 4 is 28.2 Å². The summed E-state index contributed by atoms with van der Waals surface area (Å²) in [6.45, 7) is 6.60. The third-order valence-corrected chi connectivity index (χ3v) is 3.10. The van der Waals surface area contributed by atoms with Gasteiger partial charge in [-0.2, -0.15) is 5.10 Å². The molecule has 2 aromatic rings. The summed E-state index contributed by atoms with van der Waals surface area (Å²) in [6.07, 6.45) is 0. The van der Waals surface area contributed by atoms with Gasteiger partial charge in [-0.15, -0.1) is 0 Å². The Kier molecular flexibility index (Phi) is 4.09. The van der Waals surface area contributed by atoms with E-state index >= 15 is 0 Å². The molecule has 0 unspecified atom stereocenters. The maximum absolute atomic E-state index is 13.8. The van der Waals surface area contributed by atoms with Crippen molar-refractivity contribution < 1.29 is 8.78 Å². The average molecular weight is 311 g/mol. The van der Waals surface area contributed by atoms with Gasteiger partial charge < -0.3 is 5.73 Å². The fourth-order valence-electron chi connectivity index (χ4n) is 1.87. The van der Waals surface area contributed by atoms with Crippen molar-refractivity contribution in [1.82, 2.24) is 10.2 Å². The van der Waals surface area contributed by atoms with Crippen LogP contribution >= 0.6 is 11.6 Å². The Bertz CT molecular complexity index is 790. The Labute approximate surface area is 125 Å². The summed E-state index contributed by atoms with van der Waals surface area (Å²) >= 11 is 5.72. The van der Waals surface area contributed by atoms with Gasteiger partial charge in [0.1, 0.15) is 5.52 Å². The molecule has 1 aromatic heterocycles. The van der Waals surface area contributed by atoms with Crippen LogP contribution in [0.5, 0.6) is 0 Å². The van der Waals surface area contributed by atoms with Crippen LogP contribution < -0.4 is 5.73 Å². The molecule has 21 heavy (non-hydrogen) atoms. The number of rotatable bonds is 3. The minimum absolute atomic E-state index is 0.189. The first-order valence-electron chi connectivity index (χ1n) is 6.01. The number of fused-ring (bicyclic) bond motifs is 1. The molecule has 0 saturated heterocycles. The van der Waals surface area contributed by atoms with Crippen LogP contribution in [0.25, 0.3) is 10.9 Å². The molecule has 0 atom stereocenters. The molecule has 0 amide bonds. The van der Waals surface area contributed by atoms with Crippen molar-refractivity contribution in [3.8, 4) is 0 Å². The SMILES string of the molecule is C=C(N)/C(F)=C(/Cl)N=C(C)c1[nH]nc2c(F)cc(C)cc12. The second kappa shape index (κ2) is 5.65. The number of H-pyrrole nitrogens is 1. The molecule has 4 nitrogen and oxygen atoms in total. The molecule has 0 aliphatic carbocycles. The molecule has 0 saturated carbocycles. The molecule has 110 valence electrons. The Hall–Kier alpha value is -2.21. The highest BCUT2D eigenvalue weighted by Crippen LogP contribution is 2.23. The van der Waals surface area contributed by atoms with Gasteiger partial charge >= 0.3 is 0 Å². The summed E-state index contributed by atoms with van der Waals surface area (Å²) in [7, 11) is 0. The number of allylic oxidation sites excluding steroid dienone is 1. The minimum Gasteiger partial charge on any atom is -0.397 e. The predicted molar refractivity (Wildman–Crippen MR) is 80.3 cm³/mol. The largest absolute Gasteiger partial charge is 0.397 e. The average Bonchev–Trinajstić information content (AvgIpc) is 2.81. The topological polar surface area (TPSA) is 67.1 Å². The van der Waals surface area contributed by atoms with Gasteiger partial charge in [-0.25, -0.2) is 13.8 Å². The number of hydrogen-bond donors (Lipinski definition) is 2. The lowest BCUT2D eigenvalue weighted by atomic mass is 10.1. The zero-order chi connectivity index (χ0) is 15.7. The van der Waals surface area contributed by atoms with E-state index in [-0.39, 0.29) is 11.2 Å². The van der Waals surface area contributed by atoms with Crippen LogP contribution in [0.4, 0.5) is 8.78 Å². The summed E-state index contributed by atoms with van der Waals surface area (Å²) in [6, 6.07) is 3.14. The highest BCUT2D eigenvalue weighted by Gasteiger charge is 2.13. The first kappa shape index (κ1) is 15.2. The van der Waals surface area contributed by atoms with Gasteiger partial charge in [0.25, 0.3) is 0 Å². The molecule has 0 radical (unpaired) electrons. The Balaban J connectivity index is 2.57. The third-order valence-electron chi connectivity index (χ3n) is 2.85. The molecular formula is C14H13ClF2N4. The number of aliphatic imine (C=N–C) groups is 1. The molecular weight excluding hydrogens is 298 g/mol. The number of benzene rings is 1. The van der Waals surface area contributed by atoms with Crippen molar-refractivity contribution in [1.29, 1.82) is 0 Å². The summed E-state index contributed by atoms with van der Waals surface area (Å²) in [5.74, 6) is -1.34. The highest BCUT2D eigenvalue weighted by atomic mass is 35.5. The van der Waals surface area contributed by atoms with Crippen molar-refractivity contribution in [3.63, 3.8) is 0 Å². The lowest BCUT2D eigenvalue weighted by Gasteiger charge is -2.01. The first-order valence-corrected chi connectivity index (χ1v) is 6.39. The second-order valence-corrected chi connectivity index (χ2v) is 4.93. The number of nitrogens with zero attached hydrogens (tertiary/aromatic N) is 2. The minimum atomic E-state index is -0.901. The molecule has 0 bridgehead atoms. The van der Waals surface area contributed by atoms with E-state index in [1.54, 1.807) is 19.9 Å². The van der Waals surface area contributed by atoms with Crippen molar-refractivity contribution in [2.24, 2.45) is 10.7 Å². The molecule has 3 N–H and O–H groups in total. The molecule has 1 aromatic carbocycles. The van der Waals surface area contributed by atoms with Gasteiger partial charge in [-0.3, -0.25) is 5.10 Å². The van der Waals surface area contributed by atoms with E-state index in [2.05, 4.69) is 21.8 Å². The normalized spacial score (nSPS) is 13.5. The summed E-state index contributed by atoms with van der Waals surface area (Å²) in [4.78, 5) is 3.90. The Morgan fingerprint density at radius 1 is 1.48 bits per heavy atom. The van der Waals surface area contributed by atoms with Crippen molar-refractivity contribution in [2.75, 3.05) is 0 Å². The monoisotopic (exact) mass is 310 g/mol. The fourth-order valence-corrected chi connectivity index (χ4v) is 2.12. The van der Waals surface area contributed by atoms with Gasteiger partial charge in [0.05, 0.1) is 17.1 Å². The van der Waals surface area contributed by atoms with Crippen LogP contribution in [-0.2, 0) is 0 Å². The summed E-state index contributed by atoms with van der Waals surface area (Å²) in [5, 5.41) is 6.69. The Morgan fingerprint density at radius 3 is 2.76 bits per heavy atom. The lowest BCUT2D eigenvalue weighted by molar-refractivity contribution is 0.635. The van der Waals surface area contributed by atoms with E-state index in [9.17, 15) is 8.78 Å². The van der Waals surface area contributed by atoms with E-state index in [4.69, 9.17) is 17.3 Å². The zero-order valence-corrected chi connectivity index (χ0v) is 12.2. The van der Waals surface area contributed by atoms with Gasteiger partial charge in [-0.05, 0) is 31.5 Å². The number of nitrogens with two attached hydrogens (primary N) is 1. The van der Waals surface area contributed by atoms with E-state index < -0.39 is 16.8 Å². The smallest absolute Gasteiger partial charge is 0.182 e. The summed E-state index contributed by atoms with van der Waals surface area (Å²) in [5.41, 5.74) is 6.63. The number of nitrogens with one attached hydrogen (secondary N) is 1. The number of aryl methyl sites for hydroxylation is 1. The van der Waals surface area contributed by atoms with Gasteiger partial charge in [0.2, 0.25) is 0 Å². The quantitative estimate of drug-likeness (QED) is 0.516. The molecule has 1 heterocycles. The predicted octanol–water partition coefficient (Wildman–Crippen LogP) is 3.67. The van der Waals surface area contributed by atoms with E-state index in [1.165, 1.54) is 6.07 Å². The van der Waals surface area contributed by atoms with Crippen LogP contribution in [-0.4, -0.2) is 15.9 Å². The molecule has 0 aliphatic heterocycles. The van der Waals surface area contributed by atoms with Crippen molar-refractivity contribution in [3.05, 3.63) is 52.5 Å². The number of halogens is 3. The molecule has 2 rings (SSSR count). The Morgan fingerprint density at radius 2 is 2.14 bits per heavy atom. The van der Waals surface area contributed by atoms with Crippen LogP contribution in [0.1, 0.15) is 18.2 Å². The van der Waals surface area contributed by atoms with Gasteiger partial charge in [-0.1, -0.05) is 18.2 Å². The zero-order valence-electron chi connectivity index (χ0n) is 11.5. The number of aromatic nitrogens is 2. The van der Waals surface area contributed by atoms with E-state index in [0.29, 0.717) is 16.8 Å². The number of aromatic amines is 1. The summed E-state index contributed by atoms with van der Waals surface area (Å²) < 4.78 is 27.3. The van der Waals surface area contributed by atoms with Crippen LogP contribution in [0.2, 0.25) is 0 Å². The highest BCUT2D eigenvalue weighted by molar-refractivity contribution is 6.31. The molecule has 0 spiro atoms. The fraction of sp³-hybridized carbons (Fsp3) is 0.143. The molecule has 0 aliphatic rings. The third kappa shape index (κ3) is 2.95. The van der Waals surface area contributed by atoms with Crippen LogP contribution in [0.3, 0.4) is 0 Å².